The molecule has 0 aliphatic rings. The zero-order valence-corrected chi connectivity index (χ0v) is 13.3. The van der Waals surface area contributed by atoms with Crippen LogP contribution < -0.4 is 5.43 Å². The van der Waals surface area contributed by atoms with E-state index in [1.54, 1.807) is 24.3 Å². The van der Waals surface area contributed by atoms with Crippen molar-refractivity contribution in [3.8, 4) is 11.3 Å². The molecule has 0 aliphatic carbocycles. The topological polar surface area (TPSA) is 107 Å². The van der Waals surface area contributed by atoms with Gasteiger partial charge in [-0.2, -0.15) is 10.2 Å². The monoisotopic (exact) mass is 352 g/mol. The smallest absolute Gasteiger partial charge is 0.335 e. The van der Waals surface area contributed by atoms with E-state index >= 15 is 0 Å². The molecule has 8 heteroatoms. The lowest BCUT2D eigenvalue weighted by Crippen LogP contribution is -2.18. The van der Waals surface area contributed by atoms with Gasteiger partial charge in [0, 0.05) is 5.56 Å². The second-order valence-corrected chi connectivity index (χ2v) is 5.30. The number of hydrogen-bond acceptors (Lipinski definition) is 4. The largest absolute Gasteiger partial charge is 0.478 e. The van der Waals surface area contributed by atoms with Crippen molar-refractivity contribution in [3.05, 3.63) is 77.2 Å². The van der Waals surface area contributed by atoms with E-state index in [2.05, 4.69) is 20.7 Å². The van der Waals surface area contributed by atoms with Gasteiger partial charge in [-0.25, -0.2) is 14.6 Å². The fraction of sp³-hybridized carbons (Fsp3) is 0. The SMILES string of the molecule is O=C(O)c1ccc(C=NNC(=O)c2cc(-c3ccc(F)cc3)n[nH]2)cc1. The summed E-state index contributed by atoms with van der Waals surface area (Å²) in [7, 11) is 0. The highest BCUT2D eigenvalue weighted by atomic mass is 19.1. The van der Waals surface area contributed by atoms with Crippen LogP contribution in [0, 0.1) is 5.82 Å². The molecule has 1 heterocycles. The molecule has 0 saturated heterocycles. The second-order valence-electron chi connectivity index (χ2n) is 5.30. The van der Waals surface area contributed by atoms with E-state index in [9.17, 15) is 14.0 Å². The summed E-state index contributed by atoms with van der Waals surface area (Å²) in [5.74, 6) is -1.87. The minimum atomic E-state index is -1.02. The van der Waals surface area contributed by atoms with Gasteiger partial charge < -0.3 is 5.11 Å². The summed E-state index contributed by atoms with van der Waals surface area (Å²) in [4.78, 5) is 22.8. The zero-order valence-electron chi connectivity index (χ0n) is 13.3. The molecular formula is C18H13FN4O3. The van der Waals surface area contributed by atoms with Crippen LogP contribution in [-0.2, 0) is 0 Å². The molecule has 130 valence electrons. The Hall–Kier alpha value is -3.81. The fourth-order valence-electron chi connectivity index (χ4n) is 2.14. The highest BCUT2D eigenvalue weighted by molar-refractivity contribution is 5.94. The first-order valence-electron chi connectivity index (χ1n) is 7.51. The Labute approximate surface area is 147 Å². The number of hydrogen-bond donors (Lipinski definition) is 3. The summed E-state index contributed by atoms with van der Waals surface area (Å²) < 4.78 is 12.9. The van der Waals surface area contributed by atoms with Gasteiger partial charge in [0.2, 0.25) is 0 Å². The molecule has 0 spiro atoms. The van der Waals surface area contributed by atoms with E-state index in [1.807, 2.05) is 0 Å². The molecule has 1 amide bonds. The third-order valence-electron chi connectivity index (χ3n) is 3.50. The zero-order chi connectivity index (χ0) is 18.5. The van der Waals surface area contributed by atoms with Crippen LogP contribution in [0.5, 0.6) is 0 Å². The number of benzene rings is 2. The van der Waals surface area contributed by atoms with Crippen molar-refractivity contribution in [1.82, 2.24) is 15.6 Å². The maximum Gasteiger partial charge on any atom is 0.335 e. The summed E-state index contributed by atoms with van der Waals surface area (Å²) in [6, 6.07) is 13.3. The van der Waals surface area contributed by atoms with Gasteiger partial charge in [0.05, 0.1) is 17.5 Å². The first-order valence-corrected chi connectivity index (χ1v) is 7.51. The minimum absolute atomic E-state index is 0.164. The third-order valence-corrected chi connectivity index (χ3v) is 3.50. The van der Waals surface area contributed by atoms with Crippen molar-refractivity contribution in [2.75, 3.05) is 0 Å². The van der Waals surface area contributed by atoms with Gasteiger partial charge in [0.1, 0.15) is 11.5 Å². The first-order chi connectivity index (χ1) is 12.5. The van der Waals surface area contributed by atoms with Gasteiger partial charge in [-0.3, -0.25) is 9.89 Å². The molecule has 3 aromatic rings. The Morgan fingerprint density at radius 3 is 2.46 bits per heavy atom. The van der Waals surface area contributed by atoms with E-state index in [0.29, 0.717) is 16.8 Å². The van der Waals surface area contributed by atoms with Crippen LogP contribution in [0.25, 0.3) is 11.3 Å². The van der Waals surface area contributed by atoms with Crippen molar-refractivity contribution < 1.29 is 19.1 Å². The lowest BCUT2D eigenvalue weighted by molar-refractivity contribution is 0.0696. The van der Waals surface area contributed by atoms with Crippen molar-refractivity contribution in [3.63, 3.8) is 0 Å². The van der Waals surface area contributed by atoms with E-state index < -0.39 is 11.9 Å². The van der Waals surface area contributed by atoms with Crippen LogP contribution >= 0.6 is 0 Å². The van der Waals surface area contributed by atoms with Crippen LogP contribution in [0.1, 0.15) is 26.4 Å². The molecule has 0 fully saturated rings. The highest BCUT2D eigenvalue weighted by Crippen LogP contribution is 2.17. The number of H-pyrrole nitrogens is 1. The second kappa shape index (κ2) is 7.39. The molecule has 0 radical (unpaired) electrons. The van der Waals surface area contributed by atoms with Crippen LogP contribution in [0.2, 0.25) is 0 Å². The number of carboxylic acid groups (broad SMARTS) is 1. The molecule has 7 nitrogen and oxygen atoms in total. The van der Waals surface area contributed by atoms with Crippen molar-refractivity contribution in [2.24, 2.45) is 5.10 Å². The van der Waals surface area contributed by atoms with E-state index in [4.69, 9.17) is 5.11 Å². The minimum Gasteiger partial charge on any atom is -0.478 e. The fourth-order valence-corrected chi connectivity index (χ4v) is 2.14. The average Bonchev–Trinajstić information content (AvgIpc) is 3.13. The number of nitrogens with zero attached hydrogens (tertiary/aromatic N) is 2. The molecule has 0 bridgehead atoms. The maximum atomic E-state index is 12.9. The molecule has 3 rings (SSSR count). The molecule has 3 N–H and O–H groups in total. The van der Waals surface area contributed by atoms with Crippen LogP contribution in [0.4, 0.5) is 4.39 Å². The average molecular weight is 352 g/mol. The van der Waals surface area contributed by atoms with Crippen molar-refractivity contribution in [2.45, 2.75) is 0 Å². The quantitative estimate of drug-likeness (QED) is 0.485. The Kier molecular flexibility index (Phi) is 4.84. The number of nitrogens with one attached hydrogen (secondary N) is 2. The highest BCUT2D eigenvalue weighted by Gasteiger charge is 2.10. The van der Waals surface area contributed by atoms with Gasteiger partial charge in [0.15, 0.2) is 0 Å². The Morgan fingerprint density at radius 2 is 1.81 bits per heavy atom. The van der Waals surface area contributed by atoms with Gasteiger partial charge in [0.25, 0.3) is 5.91 Å². The number of halogens is 1. The molecule has 0 atom stereocenters. The lowest BCUT2D eigenvalue weighted by Gasteiger charge is -1.97. The molecule has 1 aromatic heterocycles. The van der Waals surface area contributed by atoms with E-state index in [1.165, 1.54) is 36.5 Å². The normalized spacial score (nSPS) is 10.8. The predicted molar refractivity (Wildman–Crippen MR) is 92.4 cm³/mol. The lowest BCUT2D eigenvalue weighted by atomic mass is 10.1. The number of carboxylic acids is 1. The standard InChI is InChI=1S/C18H13FN4O3/c19-14-7-5-12(6-8-14)15-9-16(22-21-15)17(24)23-20-10-11-1-3-13(4-2-11)18(25)26/h1-10H,(H,21,22)(H,23,24)(H,25,26). The number of rotatable bonds is 5. The Balaban J connectivity index is 1.63. The number of aromatic nitrogens is 2. The van der Waals surface area contributed by atoms with Crippen LogP contribution in [0.15, 0.2) is 59.7 Å². The molecule has 0 saturated carbocycles. The van der Waals surface area contributed by atoms with Gasteiger partial charge in [-0.1, -0.05) is 12.1 Å². The van der Waals surface area contributed by atoms with Crippen molar-refractivity contribution in [1.29, 1.82) is 0 Å². The van der Waals surface area contributed by atoms with Crippen LogP contribution in [0.3, 0.4) is 0 Å². The van der Waals surface area contributed by atoms with Gasteiger partial charge >= 0.3 is 5.97 Å². The number of hydrazone groups is 1. The first kappa shape index (κ1) is 17.0. The Bertz CT molecular complexity index is 963. The summed E-state index contributed by atoms with van der Waals surface area (Å²) in [5, 5.41) is 19.3. The number of aromatic amines is 1. The van der Waals surface area contributed by atoms with Crippen molar-refractivity contribution >= 4 is 18.1 Å². The molecule has 26 heavy (non-hydrogen) atoms. The Morgan fingerprint density at radius 1 is 1.12 bits per heavy atom. The summed E-state index contributed by atoms with van der Waals surface area (Å²) in [6.07, 6.45) is 1.39. The summed E-state index contributed by atoms with van der Waals surface area (Å²) >= 11 is 0. The molecular weight excluding hydrogens is 339 g/mol. The van der Waals surface area contributed by atoms with E-state index in [0.717, 1.165) is 0 Å². The molecule has 0 aliphatic heterocycles. The number of amides is 1. The number of aromatic carboxylic acids is 1. The van der Waals surface area contributed by atoms with Crippen LogP contribution in [-0.4, -0.2) is 33.4 Å². The summed E-state index contributed by atoms with van der Waals surface area (Å²) in [6.45, 7) is 0. The third kappa shape index (κ3) is 3.99. The summed E-state index contributed by atoms with van der Waals surface area (Å²) in [5.41, 5.74) is 4.51. The maximum absolute atomic E-state index is 12.9. The van der Waals surface area contributed by atoms with Gasteiger partial charge in [-0.15, -0.1) is 0 Å². The molecule has 0 unspecified atom stereocenters. The van der Waals surface area contributed by atoms with Gasteiger partial charge in [-0.05, 0) is 48.0 Å². The predicted octanol–water partition coefficient (Wildman–Crippen LogP) is 2.68. The number of carbonyl (C=O) groups is 2. The number of carbonyl (C=O) groups excluding carboxylic acids is 1. The molecule has 2 aromatic carbocycles. The van der Waals surface area contributed by atoms with E-state index in [-0.39, 0.29) is 17.1 Å².